The van der Waals surface area contributed by atoms with Crippen LogP contribution in [0.4, 0.5) is 0 Å². The molecule has 138 valence electrons. The first-order valence-electron chi connectivity index (χ1n) is 8.68. The Morgan fingerprint density at radius 2 is 1.12 bits per heavy atom. The minimum Gasteiger partial charge on any atom is -0.462 e. The van der Waals surface area contributed by atoms with E-state index in [0.717, 1.165) is 11.1 Å². The van der Waals surface area contributed by atoms with Gasteiger partial charge in [0.1, 0.15) is 0 Å². The summed E-state index contributed by atoms with van der Waals surface area (Å²) in [4.78, 5) is 23.5. The maximum atomic E-state index is 11.7. The molecule has 1 aromatic rings. The van der Waals surface area contributed by atoms with E-state index >= 15 is 0 Å². The summed E-state index contributed by atoms with van der Waals surface area (Å²) in [5.41, 5.74) is 2.95. The average molecular weight is 354 g/mol. The van der Waals surface area contributed by atoms with E-state index in [-0.39, 0.29) is 11.9 Å². The van der Waals surface area contributed by atoms with Crippen molar-refractivity contribution in [1.82, 2.24) is 0 Å². The number of ether oxygens (including phenoxy) is 2. The van der Waals surface area contributed by atoms with E-state index in [2.05, 4.69) is 0 Å². The van der Waals surface area contributed by atoms with Crippen LogP contribution in [-0.2, 0) is 19.1 Å². The fourth-order valence-corrected chi connectivity index (χ4v) is 2.08. The van der Waals surface area contributed by atoms with Crippen LogP contribution in [0.3, 0.4) is 0 Å². The molecule has 4 nitrogen and oxygen atoms in total. The molecule has 0 heterocycles. The molecule has 0 unspecified atom stereocenters. The van der Waals surface area contributed by atoms with E-state index in [1.54, 1.807) is 52.0 Å². The minimum absolute atomic E-state index is 0.330. The molecule has 0 spiro atoms. The maximum Gasteiger partial charge on any atom is 0.337 e. The molecule has 0 aliphatic heterocycles. The summed E-state index contributed by atoms with van der Waals surface area (Å²) in [5.74, 6) is -0.660. The summed E-state index contributed by atoms with van der Waals surface area (Å²) in [5, 5.41) is 0. The molecule has 26 heavy (non-hydrogen) atoms. The summed E-state index contributed by atoms with van der Waals surface area (Å²) >= 11 is 0. The van der Waals surface area contributed by atoms with E-state index in [9.17, 15) is 9.59 Å². The summed E-state index contributed by atoms with van der Waals surface area (Å²) in [6.45, 7) is 7.86. The van der Waals surface area contributed by atoms with Gasteiger partial charge in [0.25, 0.3) is 0 Å². The first-order chi connectivity index (χ1) is 12.5. The van der Waals surface area contributed by atoms with Crippen molar-refractivity contribution in [1.29, 1.82) is 0 Å². The molecule has 4 heteroatoms. The lowest BCUT2D eigenvalue weighted by atomic mass is 10.1. The molecule has 0 aromatic heterocycles. The number of esters is 2. The van der Waals surface area contributed by atoms with Crippen LogP contribution in [0.1, 0.15) is 38.8 Å². The largest absolute Gasteiger partial charge is 0.462 e. The van der Waals surface area contributed by atoms with Crippen molar-refractivity contribution in [3.63, 3.8) is 0 Å². The number of hydrogen-bond acceptors (Lipinski definition) is 4. The normalized spacial score (nSPS) is 12.6. The second-order valence-corrected chi connectivity index (χ2v) is 5.26. The van der Waals surface area contributed by atoms with E-state index < -0.39 is 0 Å². The van der Waals surface area contributed by atoms with Crippen LogP contribution in [0.25, 0.3) is 12.2 Å². The molecule has 0 saturated carbocycles. The first-order valence-corrected chi connectivity index (χ1v) is 8.68. The summed E-state index contributed by atoms with van der Waals surface area (Å²) in [7, 11) is 0. The molecule has 0 amide bonds. The standard InChI is InChI=1S/C22H26O4/c1-5-19(21(23)25-7-3)15-13-17-9-11-18(12-10-17)14-16-20(6-2)22(24)26-8-4/h5-6,9-16H,7-8H2,1-4H3/b15-13+,16-14+,19-5+,20-6+. The third-order valence-electron chi connectivity index (χ3n) is 3.49. The third kappa shape index (κ3) is 6.93. The zero-order chi connectivity index (χ0) is 19.4. The Morgan fingerprint density at radius 1 is 0.769 bits per heavy atom. The molecular formula is C22H26O4. The van der Waals surface area contributed by atoms with Crippen molar-refractivity contribution in [3.05, 3.63) is 70.8 Å². The van der Waals surface area contributed by atoms with E-state index in [0.29, 0.717) is 24.4 Å². The third-order valence-corrected chi connectivity index (χ3v) is 3.49. The van der Waals surface area contributed by atoms with E-state index in [1.165, 1.54) is 0 Å². The Bertz CT molecular complexity index is 656. The topological polar surface area (TPSA) is 52.6 Å². The quantitative estimate of drug-likeness (QED) is 0.385. The van der Waals surface area contributed by atoms with Gasteiger partial charge in [-0.2, -0.15) is 0 Å². The minimum atomic E-state index is -0.330. The molecule has 1 aromatic carbocycles. The second kappa shape index (κ2) is 11.6. The number of benzene rings is 1. The molecule has 1 rings (SSSR count). The van der Waals surface area contributed by atoms with Gasteiger partial charge in [-0.3, -0.25) is 0 Å². The van der Waals surface area contributed by atoms with Gasteiger partial charge in [0.15, 0.2) is 0 Å². The van der Waals surface area contributed by atoms with Gasteiger partial charge in [-0.15, -0.1) is 0 Å². The fourth-order valence-electron chi connectivity index (χ4n) is 2.08. The van der Waals surface area contributed by atoms with Crippen LogP contribution in [-0.4, -0.2) is 25.2 Å². The molecule has 0 atom stereocenters. The smallest absolute Gasteiger partial charge is 0.337 e. The lowest BCUT2D eigenvalue weighted by Crippen LogP contribution is -2.05. The Hall–Kier alpha value is -2.88. The van der Waals surface area contributed by atoms with E-state index in [4.69, 9.17) is 9.47 Å². The second-order valence-electron chi connectivity index (χ2n) is 5.26. The zero-order valence-electron chi connectivity index (χ0n) is 15.8. The van der Waals surface area contributed by atoms with Crippen molar-refractivity contribution in [2.75, 3.05) is 13.2 Å². The first kappa shape index (κ1) is 21.2. The van der Waals surface area contributed by atoms with E-state index in [1.807, 2.05) is 36.4 Å². The summed E-state index contributed by atoms with van der Waals surface area (Å²) in [6, 6.07) is 7.76. The van der Waals surface area contributed by atoms with Crippen molar-refractivity contribution >= 4 is 24.1 Å². The van der Waals surface area contributed by atoms with Crippen LogP contribution < -0.4 is 0 Å². The van der Waals surface area contributed by atoms with Gasteiger partial charge < -0.3 is 9.47 Å². The highest BCUT2D eigenvalue weighted by Gasteiger charge is 2.06. The number of carbonyl (C=O) groups excluding carboxylic acids is 2. The number of rotatable bonds is 8. The lowest BCUT2D eigenvalue weighted by Gasteiger charge is -2.02. The van der Waals surface area contributed by atoms with Crippen molar-refractivity contribution in [3.8, 4) is 0 Å². The van der Waals surface area contributed by atoms with Gasteiger partial charge in [0, 0.05) is 0 Å². The van der Waals surface area contributed by atoms with Crippen LogP contribution >= 0.6 is 0 Å². The van der Waals surface area contributed by atoms with Crippen LogP contribution in [0.2, 0.25) is 0 Å². The van der Waals surface area contributed by atoms with Crippen LogP contribution in [0.15, 0.2) is 59.7 Å². The lowest BCUT2D eigenvalue weighted by molar-refractivity contribution is -0.139. The Balaban J connectivity index is 2.80. The molecule has 0 aliphatic rings. The highest BCUT2D eigenvalue weighted by molar-refractivity contribution is 5.93. The molecular weight excluding hydrogens is 328 g/mol. The highest BCUT2D eigenvalue weighted by atomic mass is 16.5. The Morgan fingerprint density at radius 3 is 1.38 bits per heavy atom. The van der Waals surface area contributed by atoms with Crippen LogP contribution in [0.5, 0.6) is 0 Å². The maximum absolute atomic E-state index is 11.7. The van der Waals surface area contributed by atoms with Gasteiger partial charge in [-0.05, 0) is 51.0 Å². The van der Waals surface area contributed by atoms with Crippen LogP contribution in [0, 0.1) is 0 Å². The monoisotopic (exact) mass is 354 g/mol. The number of hydrogen-bond donors (Lipinski definition) is 0. The molecule has 0 aliphatic carbocycles. The molecule has 0 fully saturated rings. The number of allylic oxidation sites excluding steroid dienone is 2. The molecule has 0 bridgehead atoms. The van der Waals surface area contributed by atoms with Gasteiger partial charge in [-0.25, -0.2) is 9.59 Å². The van der Waals surface area contributed by atoms with Crippen molar-refractivity contribution in [2.24, 2.45) is 0 Å². The Kier molecular flexibility index (Phi) is 9.47. The number of carbonyl (C=O) groups is 2. The van der Waals surface area contributed by atoms with Gasteiger partial charge in [0.2, 0.25) is 0 Å². The summed E-state index contributed by atoms with van der Waals surface area (Å²) < 4.78 is 9.99. The van der Waals surface area contributed by atoms with Gasteiger partial charge in [-0.1, -0.05) is 48.6 Å². The SMILES string of the molecule is C/C=C(\C=C\c1ccc(/C=C/C(=C\C)C(=O)OCC)cc1)C(=O)OCC. The fraction of sp³-hybridized carbons (Fsp3) is 0.273. The van der Waals surface area contributed by atoms with Crippen molar-refractivity contribution in [2.45, 2.75) is 27.7 Å². The summed E-state index contributed by atoms with van der Waals surface area (Å²) in [6.07, 6.45) is 10.6. The average Bonchev–Trinajstić information content (AvgIpc) is 2.64. The van der Waals surface area contributed by atoms with Gasteiger partial charge in [0.05, 0.1) is 24.4 Å². The zero-order valence-corrected chi connectivity index (χ0v) is 15.8. The molecule has 0 saturated heterocycles. The predicted octanol–water partition coefficient (Wildman–Crippen LogP) is 4.73. The van der Waals surface area contributed by atoms with Gasteiger partial charge >= 0.3 is 11.9 Å². The Labute approximate surface area is 155 Å². The predicted molar refractivity (Wildman–Crippen MR) is 105 cm³/mol. The van der Waals surface area contributed by atoms with Crippen molar-refractivity contribution < 1.29 is 19.1 Å². The molecule has 0 radical (unpaired) electrons. The highest BCUT2D eigenvalue weighted by Crippen LogP contribution is 2.12. The molecule has 0 N–H and O–H groups in total.